The molecule has 3 unspecified atom stereocenters. The number of hydrogen-bond acceptors (Lipinski definition) is 5. The molecule has 1 aromatic carbocycles. The third-order valence-corrected chi connectivity index (χ3v) is 5.61. The highest BCUT2D eigenvalue weighted by molar-refractivity contribution is 6.42. The smallest absolute Gasteiger partial charge is 0.374 e. The summed E-state index contributed by atoms with van der Waals surface area (Å²) in [4.78, 5) is 48.8. The first kappa shape index (κ1) is 30.7. The number of carboxylic acid groups (broad SMARTS) is 1. The molecule has 0 spiro atoms. The molecular weight excluding hydrogens is 507 g/mol. The van der Waals surface area contributed by atoms with Gasteiger partial charge < -0.3 is 21.1 Å². The Morgan fingerprint density at radius 1 is 0.886 bits per heavy atom. The van der Waals surface area contributed by atoms with Gasteiger partial charge in [-0.3, -0.25) is 14.4 Å². The molecule has 0 saturated heterocycles. The summed E-state index contributed by atoms with van der Waals surface area (Å²) in [5, 5.41) is 17.4. The molecule has 2 amide bonds. The predicted octanol–water partition coefficient (Wildman–Crippen LogP) is 3.23. The number of halogens is 4. The Balaban J connectivity index is 3.10. The van der Waals surface area contributed by atoms with Gasteiger partial charge in [0.25, 0.3) is 5.78 Å². The van der Waals surface area contributed by atoms with Crippen molar-refractivity contribution in [3.8, 4) is 0 Å². The maximum atomic E-state index is 13.1. The minimum Gasteiger partial charge on any atom is -0.475 e. The molecule has 0 aliphatic heterocycles. The number of nitrogens with one attached hydrogen (secondary N) is 3. The lowest BCUT2D eigenvalue weighted by Crippen LogP contribution is -2.57. The molecule has 4 N–H and O–H groups in total. The first-order valence-corrected chi connectivity index (χ1v) is 11.8. The second-order valence-electron chi connectivity index (χ2n) is 8.87. The van der Waals surface area contributed by atoms with Crippen molar-refractivity contribution in [3.05, 3.63) is 33.8 Å². The standard InChI is InChI=1S/C23H31Cl2F2N3O5/c1-11(2)7-17(21(32)29-16(10-19(26)27)20(31)23(34)35)30-22(33)18(28-12(3)4)9-13-5-6-14(24)15(25)8-13/h5-6,8,11-12,16-19,28H,7,9-10H2,1-4H3,(H,29,32)(H,30,33)(H,34,35). The van der Waals surface area contributed by atoms with E-state index in [-0.39, 0.29) is 24.8 Å². The number of aliphatic carboxylic acids is 1. The van der Waals surface area contributed by atoms with Crippen LogP contribution in [0.5, 0.6) is 0 Å². The van der Waals surface area contributed by atoms with Crippen molar-refractivity contribution in [2.75, 3.05) is 0 Å². The van der Waals surface area contributed by atoms with Crippen LogP contribution in [-0.2, 0) is 25.6 Å². The van der Waals surface area contributed by atoms with E-state index in [1.54, 1.807) is 32.0 Å². The molecule has 0 radical (unpaired) electrons. The molecule has 0 fully saturated rings. The maximum Gasteiger partial charge on any atom is 0.374 e. The zero-order valence-electron chi connectivity index (χ0n) is 19.9. The number of Topliss-reactive ketones (excluding diaryl/α,β-unsaturated/α-hetero) is 1. The molecule has 0 bridgehead atoms. The quantitative estimate of drug-likeness (QED) is 0.270. The van der Waals surface area contributed by atoms with Crippen molar-refractivity contribution in [2.24, 2.45) is 5.92 Å². The zero-order valence-corrected chi connectivity index (χ0v) is 21.4. The number of ketones is 1. The number of carbonyl (C=O) groups is 4. The largest absolute Gasteiger partial charge is 0.475 e. The van der Waals surface area contributed by atoms with Crippen LogP contribution in [0.4, 0.5) is 8.78 Å². The molecule has 35 heavy (non-hydrogen) atoms. The van der Waals surface area contributed by atoms with Crippen molar-refractivity contribution in [2.45, 2.75) is 77.6 Å². The third-order valence-electron chi connectivity index (χ3n) is 4.87. The van der Waals surface area contributed by atoms with Crippen LogP contribution in [0.15, 0.2) is 18.2 Å². The van der Waals surface area contributed by atoms with Gasteiger partial charge in [-0.05, 0) is 36.5 Å². The van der Waals surface area contributed by atoms with Crippen molar-refractivity contribution >= 4 is 46.8 Å². The lowest BCUT2D eigenvalue weighted by atomic mass is 10.00. The second kappa shape index (κ2) is 14.3. The number of hydrogen-bond donors (Lipinski definition) is 4. The van der Waals surface area contributed by atoms with Gasteiger partial charge in [-0.1, -0.05) is 57.0 Å². The lowest BCUT2D eigenvalue weighted by Gasteiger charge is -2.26. The molecular formula is C23H31Cl2F2N3O5. The topological polar surface area (TPSA) is 125 Å². The monoisotopic (exact) mass is 537 g/mol. The lowest BCUT2D eigenvalue weighted by molar-refractivity contribution is -0.151. The van der Waals surface area contributed by atoms with E-state index in [0.717, 1.165) is 0 Å². The highest BCUT2D eigenvalue weighted by atomic mass is 35.5. The van der Waals surface area contributed by atoms with Crippen LogP contribution in [0, 0.1) is 5.92 Å². The third kappa shape index (κ3) is 10.9. The Hall–Kier alpha value is -2.30. The van der Waals surface area contributed by atoms with Crippen LogP contribution >= 0.6 is 23.2 Å². The average Bonchev–Trinajstić information content (AvgIpc) is 2.73. The van der Waals surface area contributed by atoms with Crippen molar-refractivity contribution in [1.82, 2.24) is 16.0 Å². The van der Waals surface area contributed by atoms with Crippen LogP contribution in [0.2, 0.25) is 10.0 Å². The van der Waals surface area contributed by atoms with E-state index in [1.807, 2.05) is 13.8 Å². The number of carboxylic acids is 1. The Morgan fingerprint density at radius 2 is 1.46 bits per heavy atom. The zero-order chi connectivity index (χ0) is 26.9. The fraction of sp³-hybridized carbons (Fsp3) is 0.565. The van der Waals surface area contributed by atoms with Crippen molar-refractivity contribution in [1.29, 1.82) is 0 Å². The Kier molecular flexibility index (Phi) is 12.6. The summed E-state index contributed by atoms with van der Waals surface area (Å²) >= 11 is 12.0. The molecule has 12 heteroatoms. The van der Waals surface area contributed by atoms with Crippen LogP contribution < -0.4 is 16.0 Å². The number of rotatable bonds is 14. The summed E-state index contributed by atoms with van der Waals surface area (Å²) in [5.41, 5.74) is 0.710. The molecule has 0 saturated carbocycles. The minimum absolute atomic E-state index is 0.0960. The Bertz CT molecular complexity index is 915. The Morgan fingerprint density at radius 3 is 1.94 bits per heavy atom. The summed E-state index contributed by atoms with van der Waals surface area (Å²) in [5.74, 6) is -5.07. The van der Waals surface area contributed by atoms with Gasteiger partial charge in [0.1, 0.15) is 12.1 Å². The van der Waals surface area contributed by atoms with Crippen LogP contribution in [-0.4, -0.2) is 59.3 Å². The van der Waals surface area contributed by atoms with E-state index in [0.29, 0.717) is 15.6 Å². The van der Waals surface area contributed by atoms with E-state index >= 15 is 0 Å². The van der Waals surface area contributed by atoms with Gasteiger partial charge in [0.05, 0.1) is 16.1 Å². The summed E-state index contributed by atoms with van der Waals surface area (Å²) in [7, 11) is 0. The van der Waals surface area contributed by atoms with E-state index in [2.05, 4.69) is 16.0 Å². The summed E-state index contributed by atoms with van der Waals surface area (Å²) in [6, 6.07) is 0.933. The van der Waals surface area contributed by atoms with Gasteiger partial charge in [-0.25, -0.2) is 13.6 Å². The minimum atomic E-state index is -3.02. The summed E-state index contributed by atoms with van der Waals surface area (Å²) in [6.45, 7) is 7.23. The summed E-state index contributed by atoms with van der Waals surface area (Å²) in [6.07, 6.45) is -3.84. The van der Waals surface area contributed by atoms with Crippen LogP contribution in [0.3, 0.4) is 0 Å². The number of amides is 2. The van der Waals surface area contributed by atoms with Gasteiger partial charge in [0, 0.05) is 12.5 Å². The van der Waals surface area contributed by atoms with Gasteiger partial charge in [0.2, 0.25) is 18.2 Å². The van der Waals surface area contributed by atoms with E-state index in [4.69, 9.17) is 28.3 Å². The Labute approximate surface area is 213 Å². The molecule has 0 aliphatic rings. The molecule has 0 aromatic heterocycles. The van der Waals surface area contributed by atoms with E-state index < -0.39 is 54.5 Å². The second-order valence-corrected chi connectivity index (χ2v) is 9.69. The van der Waals surface area contributed by atoms with E-state index in [9.17, 15) is 28.0 Å². The first-order chi connectivity index (χ1) is 16.2. The van der Waals surface area contributed by atoms with Crippen molar-refractivity contribution in [3.63, 3.8) is 0 Å². The maximum absolute atomic E-state index is 13.1. The molecule has 0 aliphatic carbocycles. The van der Waals surface area contributed by atoms with Crippen LogP contribution in [0.25, 0.3) is 0 Å². The number of alkyl halides is 2. The van der Waals surface area contributed by atoms with Crippen LogP contribution in [0.1, 0.15) is 46.1 Å². The molecule has 0 heterocycles. The SMILES string of the molecule is CC(C)CC(NC(=O)C(Cc1ccc(Cl)c(Cl)c1)NC(C)C)C(=O)NC(CC(F)F)C(=O)C(=O)O. The fourth-order valence-corrected chi connectivity index (χ4v) is 3.66. The van der Waals surface area contributed by atoms with Crippen molar-refractivity contribution < 1.29 is 33.1 Å². The fourth-order valence-electron chi connectivity index (χ4n) is 3.34. The van der Waals surface area contributed by atoms with Gasteiger partial charge in [-0.15, -0.1) is 0 Å². The normalized spacial score (nSPS) is 14.0. The molecule has 3 atom stereocenters. The molecule has 1 rings (SSSR count). The highest BCUT2D eigenvalue weighted by Crippen LogP contribution is 2.23. The highest BCUT2D eigenvalue weighted by Gasteiger charge is 2.33. The van der Waals surface area contributed by atoms with Gasteiger partial charge in [0.15, 0.2) is 0 Å². The predicted molar refractivity (Wildman–Crippen MR) is 129 cm³/mol. The molecule has 8 nitrogen and oxygen atoms in total. The first-order valence-electron chi connectivity index (χ1n) is 11.1. The van der Waals surface area contributed by atoms with Gasteiger partial charge in [-0.2, -0.15) is 0 Å². The number of benzene rings is 1. The number of carbonyl (C=O) groups excluding carboxylic acids is 3. The van der Waals surface area contributed by atoms with E-state index in [1.165, 1.54) is 0 Å². The molecule has 196 valence electrons. The van der Waals surface area contributed by atoms with Gasteiger partial charge >= 0.3 is 5.97 Å². The summed E-state index contributed by atoms with van der Waals surface area (Å²) < 4.78 is 25.8. The average molecular weight is 538 g/mol. The molecule has 1 aromatic rings.